The van der Waals surface area contributed by atoms with Gasteiger partial charge in [-0.2, -0.15) is 0 Å². The van der Waals surface area contributed by atoms with Gasteiger partial charge in [0.1, 0.15) is 11.6 Å². The van der Waals surface area contributed by atoms with Crippen LogP contribution < -0.4 is 5.32 Å². The number of benzene rings is 1. The van der Waals surface area contributed by atoms with E-state index >= 15 is 0 Å². The Balaban J connectivity index is 2.27. The summed E-state index contributed by atoms with van der Waals surface area (Å²) in [4.78, 5) is 4.31. The lowest BCUT2D eigenvalue weighted by Gasteiger charge is -2.12. The molecular formula is C14H17F2N3. The Labute approximate surface area is 111 Å². The van der Waals surface area contributed by atoms with Crippen molar-refractivity contribution in [2.75, 3.05) is 5.32 Å². The molecule has 1 aromatic heterocycles. The zero-order valence-corrected chi connectivity index (χ0v) is 11.2. The zero-order chi connectivity index (χ0) is 14.0. The Bertz CT molecular complexity index is 576. The van der Waals surface area contributed by atoms with E-state index in [2.05, 4.69) is 24.1 Å². The average Bonchev–Trinajstić information content (AvgIpc) is 2.62. The lowest BCUT2D eigenvalue weighted by atomic mass is 10.2. The number of anilines is 2. The summed E-state index contributed by atoms with van der Waals surface area (Å²) in [6.45, 7) is 6.85. The van der Waals surface area contributed by atoms with Gasteiger partial charge in [0, 0.05) is 18.8 Å². The molecule has 19 heavy (non-hydrogen) atoms. The molecule has 0 spiro atoms. The first-order valence-electron chi connectivity index (χ1n) is 6.21. The van der Waals surface area contributed by atoms with Crippen molar-refractivity contribution < 1.29 is 8.78 Å². The Morgan fingerprint density at radius 2 is 2.05 bits per heavy atom. The first-order chi connectivity index (χ1) is 8.95. The highest BCUT2D eigenvalue weighted by atomic mass is 19.1. The van der Waals surface area contributed by atoms with Crippen LogP contribution in [0.2, 0.25) is 0 Å². The second-order valence-electron chi connectivity index (χ2n) is 5.00. The second kappa shape index (κ2) is 5.38. The molecule has 0 radical (unpaired) electrons. The number of halogens is 2. The van der Waals surface area contributed by atoms with Gasteiger partial charge in [0.2, 0.25) is 5.95 Å². The normalized spacial score (nSPS) is 11.1. The molecule has 0 unspecified atom stereocenters. The monoisotopic (exact) mass is 265 g/mol. The third-order valence-electron chi connectivity index (χ3n) is 2.64. The fourth-order valence-corrected chi connectivity index (χ4v) is 1.89. The standard InChI is InChI=1S/C14H17F2N3/c1-9(2)7-19-8-10(3)17-14(19)18-13-5-4-11(15)6-12(13)16/h4-6,8-9H,7H2,1-3H3,(H,17,18). The van der Waals surface area contributed by atoms with E-state index in [0.29, 0.717) is 11.9 Å². The molecule has 0 bridgehead atoms. The summed E-state index contributed by atoms with van der Waals surface area (Å²) < 4.78 is 28.4. The van der Waals surface area contributed by atoms with E-state index in [4.69, 9.17) is 0 Å². The lowest BCUT2D eigenvalue weighted by molar-refractivity contribution is 0.527. The molecule has 0 atom stereocenters. The molecule has 1 heterocycles. The molecule has 102 valence electrons. The van der Waals surface area contributed by atoms with Gasteiger partial charge in [-0.15, -0.1) is 0 Å². The van der Waals surface area contributed by atoms with Gasteiger partial charge in [-0.05, 0) is 25.0 Å². The van der Waals surface area contributed by atoms with Crippen LogP contribution in [-0.2, 0) is 6.54 Å². The first kappa shape index (κ1) is 13.5. The van der Waals surface area contributed by atoms with E-state index in [-0.39, 0.29) is 5.69 Å². The van der Waals surface area contributed by atoms with Crippen LogP contribution in [0.25, 0.3) is 0 Å². The molecule has 0 fully saturated rings. The van der Waals surface area contributed by atoms with Crippen LogP contribution in [-0.4, -0.2) is 9.55 Å². The molecule has 0 amide bonds. The van der Waals surface area contributed by atoms with Gasteiger partial charge in [-0.3, -0.25) is 0 Å². The maximum absolute atomic E-state index is 13.6. The summed E-state index contributed by atoms with van der Waals surface area (Å²) in [5, 5.41) is 2.90. The minimum absolute atomic E-state index is 0.219. The molecule has 0 saturated heterocycles. The molecule has 3 nitrogen and oxygen atoms in total. The maximum atomic E-state index is 13.6. The Morgan fingerprint density at radius 3 is 2.68 bits per heavy atom. The van der Waals surface area contributed by atoms with E-state index in [1.807, 2.05) is 17.7 Å². The SMILES string of the molecule is Cc1cn(CC(C)C)c(Nc2ccc(F)cc2F)n1. The number of hydrogen-bond donors (Lipinski definition) is 1. The third-order valence-corrected chi connectivity index (χ3v) is 2.64. The number of nitrogens with one attached hydrogen (secondary N) is 1. The van der Waals surface area contributed by atoms with E-state index in [1.165, 1.54) is 12.1 Å². The Morgan fingerprint density at radius 1 is 1.32 bits per heavy atom. The molecule has 0 aliphatic carbocycles. The smallest absolute Gasteiger partial charge is 0.207 e. The molecule has 0 saturated carbocycles. The molecule has 1 N–H and O–H groups in total. The molecule has 5 heteroatoms. The highest BCUT2D eigenvalue weighted by molar-refractivity contribution is 5.54. The second-order valence-corrected chi connectivity index (χ2v) is 5.00. The minimum Gasteiger partial charge on any atom is -0.323 e. The van der Waals surface area contributed by atoms with Gasteiger partial charge in [-0.1, -0.05) is 13.8 Å². The third kappa shape index (κ3) is 3.30. The van der Waals surface area contributed by atoms with Crippen LogP contribution in [0.15, 0.2) is 24.4 Å². The van der Waals surface area contributed by atoms with Crippen molar-refractivity contribution in [1.82, 2.24) is 9.55 Å². The molecule has 2 rings (SSSR count). The average molecular weight is 265 g/mol. The molecule has 0 aliphatic rings. The van der Waals surface area contributed by atoms with Crippen molar-refractivity contribution in [3.63, 3.8) is 0 Å². The van der Waals surface area contributed by atoms with Crippen LogP contribution in [0.4, 0.5) is 20.4 Å². The van der Waals surface area contributed by atoms with E-state index in [0.717, 1.165) is 18.3 Å². The summed E-state index contributed by atoms with van der Waals surface area (Å²) in [6.07, 6.45) is 1.91. The molecule has 1 aromatic carbocycles. The number of aryl methyl sites for hydroxylation is 1. The van der Waals surface area contributed by atoms with Crippen LogP contribution in [0.5, 0.6) is 0 Å². The van der Waals surface area contributed by atoms with Crippen LogP contribution in [0.1, 0.15) is 19.5 Å². The van der Waals surface area contributed by atoms with Gasteiger partial charge in [-0.25, -0.2) is 13.8 Å². The van der Waals surface area contributed by atoms with Gasteiger partial charge < -0.3 is 9.88 Å². The topological polar surface area (TPSA) is 29.9 Å². The van der Waals surface area contributed by atoms with Gasteiger partial charge >= 0.3 is 0 Å². The number of aromatic nitrogens is 2. The van der Waals surface area contributed by atoms with Crippen molar-refractivity contribution in [3.05, 3.63) is 41.7 Å². The quantitative estimate of drug-likeness (QED) is 0.909. The highest BCUT2D eigenvalue weighted by Gasteiger charge is 2.10. The highest BCUT2D eigenvalue weighted by Crippen LogP contribution is 2.21. The fraction of sp³-hybridized carbons (Fsp3) is 0.357. The summed E-state index contributed by atoms with van der Waals surface area (Å²) in [6, 6.07) is 3.44. The molecule has 0 aliphatic heterocycles. The Hall–Kier alpha value is -1.91. The van der Waals surface area contributed by atoms with E-state index in [9.17, 15) is 8.78 Å². The maximum Gasteiger partial charge on any atom is 0.207 e. The molecular weight excluding hydrogens is 248 g/mol. The minimum atomic E-state index is -0.628. The van der Waals surface area contributed by atoms with E-state index < -0.39 is 11.6 Å². The zero-order valence-electron chi connectivity index (χ0n) is 11.2. The van der Waals surface area contributed by atoms with E-state index in [1.54, 1.807) is 0 Å². The van der Waals surface area contributed by atoms with Crippen molar-refractivity contribution in [1.29, 1.82) is 0 Å². The molecule has 2 aromatic rings. The number of nitrogens with zero attached hydrogens (tertiary/aromatic N) is 2. The van der Waals surface area contributed by atoms with Gasteiger partial charge in [0.25, 0.3) is 0 Å². The summed E-state index contributed by atoms with van der Waals surface area (Å²) in [5.74, 6) is -0.203. The van der Waals surface area contributed by atoms with Crippen molar-refractivity contribution in [3.8, 4) is 0 Å². The largest absolute Gasteiger partial charge is 0.323 e. The van der Waals surface area contributed by atoms with Crippen molar-refractivity contribution in [2.24, 2.45) is 5.92 Å². The number of rotatable bonds is 4. The van der Waals surface area contributed by atoms with Crippen LogP contribution >= 0.6 is 0 Å². The van der Waals surface area contributed by atoms with Crippen molar-refractivity contribution in [2.45, 2.75) is 27.3 Å². The summed E-state index contributed by atoms with van der Waals surface area (Å²) >= 11 is 0. The van der Waals surface area contributed by atoms with Crippen LogP contribution in [0, 0.1) is 24.5 Å². The summed E-state index contributed by atoms with van der Waals surface area (Å²) in [7, 11) is 0. The first-order valence-corrected chi connectivity index (χ1v) is 6.21. The Kier molecular flexibility index (Phi) is 3.83. The predicted molar refractivity (Wildman–Crippen MR) is 71.4 cm³/mol. The van der Waals surface area contributed by atoms with Gasteiger partial charge in [0.15, 0.2) is 0 Å². The summed E-state index contributed by atoms with van der Waals surface area (Å²) in [5.41, 5.74) is 1.07. The number of imidazole rings is 1. The van der Waals surface area contributed by atoms with Gasteiger partial charge in [0.05, 0.1) is 11.4 Å². The number of hydrogen-bond acceptors (Lipinski definition) is 2. The van der Waals surface area contributed by atoms with Crippen molar-refractivity contribution >= 4 is 11.6 Å². The predicted octanol–water partition coefficient (Wildman–Crippen LogP) is 3.87. The lowest BCUT2D eigenvalue weighted by Crippen LogP contribution is -2.08. The van der Waals surface area contributed by atoms with Crippen LogP contribution in [0.3, 0.4) is 0 Å². The fourth-order valence-electron chi connectivity index (χ4n) is 1.89.